The van der Waals surface area contributed by atoms with Crippen molar-refractivity contribution >= 4 is 17.7 Å². The number of allylic oxidation sites excluding steroid dienone is 1. The lowest BCUT2D eigenvalue weighted by molar-refractivity contribution is -0.118. The molecule has 0 bridgehead atoms. The van der Waals surface area contributed by atoms with Crippen molar-refractivity contribution in [3.63, 3.8) is 0 Å². The molecule has 0 unspecified atom stereocenters. The molecular formula is C22H25NO3. The average molecular weight is 351 g/mol. The minimum absolute atomic E-state index is 0. The van der Waals surface area contributed by atoms with Gasteiger partial charge in [0.05, 0.1) is 0 Å². The Bertz CT molecular complexity index is 889. The normalized spacial score (nSPS) is 16.4. The first-order chi connectivity index (χ1) is 12.5. The van der Waals surface area contributed by atoms with Crippen molar-refractivity contribution in [1.82, 2.24) is 0 Å². The molecule has 1 amide bonds. The van der Waals surface area contributed by atoms with E-state index in [9.17, 15) is 4.79 Å². The second-order valence-corrected chi connectivity index (χ2v) is 7.44. The van der Waals surface area contributed by atoms with E-state index < -0.39 is 0 Å². The highest BCUT2D eigenvalue weighted by molar-refractivity contribution is 5.94. The molecule has 0 fully saturated rings. The van der Waals surface area contributed by atoms with Crippen LogP contribution in [-0.2, 0) is 17.6 Å². The van der Waals surface area contributed by atoms with Crippen LogP contribution >= 0.6 is 0 Å². The second kappa shape index (κ2) is 6.52. The average Bonchev–Trinajstić information content (AvgIpc) is 2.94. The molecule has 4 heteroatoms. The fourth-order valence-corrected chi connectivity index (χ4v) is 3.61. The van der Waals surface area contributed by atoms with E-state index >= 15 is 0 Å². The number of hydrogen-bond donors (Lipinski definition) is 1. The van der Waals surface area contributed by atoms with Gasteiger partial charge in [0.2, 0.25) is 0 Å². The van der Waals surface area contributed by atoms with Crippen LogP contribution in [0.5, 0.6) is 11.5 Å². The van der Waals surface area contributed by atoms with Crippen LogP contribution in [0.4, 0.5) is 5.69 Å². The number of amides is 1. The summed E-state index contributed by atoms with van der Waals surface area (Å²) in [5, 5.41) is 2.97. The maximum absolute atomic E-state index is 12.4. The quantitative estimate of drug-likeness (QED) is 0.874. The number of para-hydroxylation sites is 1. The number of carbonyl (C=O) groups excluding carboxylic acids is 1. The molecule has 0 saturated heterocycles. The fourth-order valence-electron chi connectivity index (χ4n) is 3.61. The Hall–Kier alpha value is -2.75. The van der Waals surface area contributed by atoms with E-state index in [2.05, 4.69) is 37.4 Å². The maximum atomic E-state index is 12.4. The van der Waals surface area contributed by atoms with Crippen LogP contribution in [-0.4, -0.2) is 18.1 Å². The van der Waals surface area contributed by atoms with Gasteiger partial charge in [0.15, 0.2) is 18.1 Å². The van der Waals surface area contributed by atoms with Crippen molar-refractivity contribution < 1.29 is 15.7 Å². The molecule has 26 heavy (non-hydrogen) atoms. The number of aryl methyl sites for hydroxylation is 1. The Morgan fingerprint density at radius 2 is 2.04 bits per heavy atom. The van der Waals surface area contributed by atoms with Crippen molar-refractivity contribution in [2.45, 2.75) is 38.7 Å². The van der Waals surface area contributed by atoms with Crippen LogP contribution < -0.4 is 14.8 Å². The summed E-state index contributed by atoms with van der Waals surface area (Å²) >= 11 is 0. The van der Waals surface area contributed by atoms with E-state index in [1.807, 2.05) is 30.3 Å². The molecule has 0 saturated carbocycles. The first-order valence-corrected chi connectivity index (χ1v) is 9.04. The minimum Gasteiger partial charge on any atom is -0.483 e. The number of hydrogen-bond acceptors (Lipinski definition) is 3. The van der Waals surface area contributed by atoms with Crippen molar-refractivity contribution in [3.05, 3.63) is 59.2 Å². The highest BCUT2D eigenvalue weighted by Gasteiger charge is 2.32. The Labute approximate surface area is 155 Å². The molecule has 2 aromatic carbocycles. The molecule has 0 aromatic heterocycles. The number of benzene rings is 2. The lowest BCUT2D eigenvalue weighted by Crippen LogP contribution is -2.25. The van der Waals surface area contributed by atoms with Gasteiger partial charge >= 0.3 is 0 Å². The zero-order chi connectivity index (χ0) is 18.1. The van der Waals surface area contributed by atoms with Crippen LogP contribution in [0.2, 0.25) is 0 Å². The van der Waals surface area contributed by atoms with Crippen molar-refractivity contribution in [3.8, 4) is 11.5 Å². The van der Waals surface area contributed by atoms with Crippen LogP contribution in [0.25, 0.3) is 6.08 Å². The van der Waals surface area contributed by atoms with Gasteiger partial charge in [-0.2, -0.15) is 0 Å². The number of nitrogens with one attached hydrogen (secondary N) is 1. The van der Waals surface area contributed by atoms with E-state index in [1.54, 1.807) is 0 Å². The zero-order valence-corrected chi connectivity index (χ0v) is 15.2. The first-order valence-electron chi connectivity index (χ1n) is 9.04. The zero-order valence-electron chi connectivity index (χ0n) is 15.2. The van der Waals surface area contributed by atoms with Crippen LogP contribution in [0.3, 0.4) is 0 Å². The van der Waals surface area contributed by atoms with Gasteiger partial charge in [-0.05, 0) is 44.4 Å². The predicted octanol–water partition coefficient (Wildman–Crippen LogP) is 4.62. The molecule has 1 aliphatic heterocycles. The Morgan fingerprint density at radius 3 is 2.92 bits per heavy atom. The Morgan fingerprint density at radius 1 is 1.23 bits per heavy atom. The SMILES string of the molecule is CC1(C)Cc2cccc(OCC(=O)Nc3cccc4c3C=CCC4)c2O1.[HH]. The van der Waals surface area contributed by atoms with E-state index in [4.69, 9.17) is 9.47 Å². The van der Waals surface area contributed by atoms with Gasteiger partial charge in [-0.1, -0.05) is 36.4 Å². The molecule has 1 N–H and O–H groups in total. The summed E-state index contributed by atoms with van der Waals surface area (Å²) in [6.07, 6.45) is 7.11. The maximum Gasteiger partial charge on any atom is 0.262 e. The first kappa shape index (κ1) is 16.7. The molecule has 2 aromatic rings. The van der Waals surface area contributed by atoms with E-state index in [-0.39, 0.29) is 19.5 Å². The summed E-state index contributed by atoms with van der Waals surface area (Å²) in [6, 6.07) is 11.8. The summed E-state index contributed by atoms with van der Waals surface area (Å²) in [4.78, 5) is 12.4. The molecule has 0 spiro atoms. The number of anilines is 1. The Balaban J connectivity index is 0.00000210. The van der Waals surface area contributed by atoms with Gasteiger partial charge in [-0.25, -0.2) is 0 Å². The molecule has 1 aliphatic carbocycles. The molecule has 0 atom stereocenters. The third kappa shape index (κ3) is 3.32. The molecule has 136 valence electrons. The summed E-state index contributed by atoms with van der Waals surface area (Å²) in [5.74, 6) is 1.20. The third-order valence-electron chi connectivity index (χ3n) is 4.75. The summed E-state index contributed by atoms with van der Waals surface area (Å²) in [5.41, 5.74) is 4.08. The minimum atomic E-state index is -0.237. The highest BCUT2D eigenvalue weighted by atomic mass is 16.5. The summed E-state index contributed by atoms with van der Waals surface area (Å²) in [6.45, 7) is 4.05. The largest absolute Gasteiger partial charge is 0.483 e. The summed E-state index contributed by atoms with van der Waals surface area (Å²) in [7, 11) is 0. The summed E-state index contributed by atoms with van der Waals surface area (Å²) < 4.78 is 11.7. The molecule has 1 heterocycles. The van der Waals surface area contributed by atoms with Crippen LogP contribution in [0, 0.1) is 0 Å². The van der Waals surface area contributed by atoms with Gasteiger partial charge in [-0.3, -0.25) is 4.79 Å². The van der Waals surface area contributed by atoms with E-state index in [1.165, 1.54) is 5.56 Å². The predicted molar refractivity (Wildman–Crippen MR) is 105 cm³/mol. The smallest absolute Gasteiger partial charge is 0.262 e. The monoisotopic (exact) mass is 351 g/mol. The number of carbonyl (C=O) groups is 1. The van der Waals surface area contributed by atoms with Crippen molar-refractivity contribution in [1.29, 1.82) is 0 Å². The second-order valence-electron chi connectivity index (χ2n) is 7.44. The topological polar surface area (TPSA) is 47.6 Å². The van der Waals surface area contributed by atoms with Gasteiger partial charge in [0, 0.05) is 24.7 Å². The van der Waals surface area contributed by atoms with Gasteiger partial charge < -0.3 is 14.8 Å². The van der Waals surface area contributed by atoms with Gasteiger partial charge in [-0.15, -0.1) is 0 Å². The molecule has 0 radical (unpaired) electrons. The number of fused-ring (bicyclic) bond motifs is 2. The highest BCUT2D eigenvalue weighted by Crippen LogP contribution is 2.41. The standard InChI is InChI=1S/C22H23NO3.H2/c1-22(2)13-16-9-6-12-19(21(16)26-22)25-14-20(24)23-18-11-5-8-15-7-3-4-10-17(15)18;/h4-6,8-12H,3,7,13-14H2,1-2H3,(H,23,24);1H. The number of rotatable bonds is 4. The van der Waals surface area contributed by atoms with Crippen molar-refractivity contribution in [2.24, 2.45) is 0 Å². The van der Waals surface area contributed by atoms with Crippen molar-refractivity contribution in [2.75, 3.05) is 11.9 Å². The van der Waals surface area contributed by atoms with Crippen LogP contribution in [0.1, 0.15) is 38.4 Å². The molecule has 4 nitrogen and oxygen atoms in total. The lowest BCUT2D eigenvalue weighted by Gasteiger charge is -2.18. The number of ether oxygens (including phenoxy) is 2. The molecular weight excluding hydrogens is 326 g/mol. The Kier molecular flexibility index (Phi) is 4.19. The van der Waals surface area contributed by atoms with E-state index in [0.29, 0.717) is 5.75 Å². The van der Waals surface area contributed by atoms with Gasteiger partial charge in [0.1, 0.15) is 5.60 Å². The van der Waals surface area contributed by atoms with Crippen LogP contribution in [0.15, 0.2) is 42.5 Å². The fraction of sp³-hybridized carbons (Fsp3) is 0.318. The molecule has 2 aliphatic rings. The molecule has 4 rings (SSSR count). The third-order valence-corrected chi connectivity index (χ3v) is 4.75. The van der Waals surface area contributed by atoms with E-state index in [0.717, 1.165) is 41.8 Å². The lowest BCUT2D eigenvalue weighted by atomic mass is 9.96. The van der Waals surface area contributed by atoms with Gasteiger partial charge in [0.25, 0.3) is 5.91 Å².